The normalized spacial score (nSPS) is 42.7. The molecule has 1 rings (SSSR count). The van der Waals surface area contributed by atoms with Gasteiger partial charge >= 0.3 is 0 Å². The Morgan fingerprint density at radius 1 is 1.33 bits per heavy atom. The quantitative estimate of drug-likeness (QED) is 0.597. The van der Waals surface area contributed by atoms with Gasteiger partial charge in [0, 0.05) is 6.04 Å². The lowest BCUT2D eigenvalue weighted by atomic mass is 9.71. The highest BCUT2D eigenvalue weighted by Gasteiger charge is 2.30. The van der Waals surface area contributed by atoms with E-state index in [0.29, 0.717) is 17.9 Å². The molecule has 70 valence electrons. The second kappa shape index (κ2) is 3.61. The molecule has 0 aromatic rings. The molecule has 1 heteroatoms. The van der Waals surface area contributed by atoms with Gasteiger partial charge in [-0.25, -0.2) is 0 Å². The van der Waals surface area contributed by atoms with Crippen molar-refractivity contribution in [2.45, 2.75) is 39.7 Å². The molecule has 1 fully saturated rings. The maximum atomic E-state index is 6.06. The summed E-state index contributed by atoms with van der Waals surface area (Å²) in [6.07, 6.45) is 2.42. The van der Waals surface area contributed by atoms with E-state index in [1.807, 2.05) is 0 Å². The minimum absolute atomic E-state index is 0.385. The lowest BCUT2D eigenvalue weighted by molar-refractivity contribution is 0.197. The Kier molecular flexibility index (Phi) is 2.94. The Morgan fingerprint density at radius 3 is 2.33 bits per heavy atom. The van der Waals surface area contributed by atoms with Crippen LogP contribution in [0.3, 0.4) is 0 Å². The van der Waals surface area contributed by atoms with E-state index in [9.17, 15) is 0 Å². The molecule has 0 saturated heterocycles. The fourth-order valence-corrected chi connectivity index (χ4v) is 2.13. The van der Waals surface area contributed by atoms with Crippen LogP contribution in [-0.2, 0) is 0 Å². The second-order valence-corrected chi connectivity index (χ2v) is 4.51. The predicted octanol–water partition coefficient (Wildman–Crippen LogP) is 2.57. The molecule has 0 bridgehead atoms. The van der Waals surface area contributed by atoms with Gasteiger partial charge in [-0.15, -0.1) is 0 Å². The third-order valence-electron chi connectivity index (χ3n) is 3.48. The van der Waals surface area contributed by atoms with Crippen molar-refractivity contribution in [3.05, 3.63) is 12.2 Å². The summed E-state index contributed by atoms with van der Waals surface area (Å²) in [5.41, 5.74) is 7.37. The van der Waals surface area contributed by atoms with E-state index in [1.54, 1.807) is 0 Å². The highest BCUT2D eigenvalue weighted by Crippen LogP contribution is 2.35. The molecule has 4 atom stereocenters. The van der Waals surface area contributed by atoms with Crippen LogP contribution in [0.5, 0.6) is 0 Å². The number of allylic oxidation sites excluding steroid dienone is 1. The fourth-order valence-electron chi connectivity index (χ4n) is 2.13. The summed E-state index contributed by atoms with van der Waals surface area (Å²) in [6.45, 7) is 10.7. The summed E-state index contributed by atoms with van der Waals surface area (Å²) in [7, 11) is 0. The Bertz CT molecular complexity index is 162. The van der Waals surface area contributed by atoms with Gasteiger partial charge in [-0.1, -0.05) is 26.0 Å². The summed E-state index contributed by atoms with van der Waals surface area (Å²) in [5, 5.41) is 0. The van der Waals surface area contributed by atoms with Crippen molar-refractivity contribution in [3.63, 3.8) is 0 Å². The monoisotopic (exact) mass is 167 g/mol. The van der Waals surface area contributed by atoms with E-state index in [1.165, 1.54) is 12.0 Å². The highest BCUT2D eigenvalue weighted by molar-refractivity contribution is 5.01. The van der Waals surface area contributed by atoms with Gasteiger partial charge in [-0.05, 0) is 37.5 Å². The molecule has 1 aliphatic rings. The van der Waals surface area contributed by atoms with Crippen molar-refractivity contribution in [1.82, 2.24) is 0 Å². The zero-order valence-electron chi connectivity index (χ0n) is 8.51. The van der Waals surface area contributed by atoms with Gasteiger partial charge < -0.3 is 5.73 Å². The molecular formula is C11H21N. The summed E-state index contributed by atoms with van der Waals surface area (Å²) >= 11 is 0. The third kappa shape index (κ3) is 1.89. The van der Waals surface area contributed by atoms with Crippen LogP contribution < -0.4 is 5.73 Å². The van der Waals surface area contributed by atoms with E-state index in [2.05, 4.69) is 27.4 Å². The van der Waals surface area contributed by atoms with Crippen LogP contribution in [0.4, 0.5) is 0 Å². The molecule has 2 N–H and O–H groups in total. The first-order valence-corrected chi connectivity index (χ1v) is 4.93. The van der Waals surface area contributed by atoms with Gasteiger partial charge in [-0.2, -0.15) is 0 Å². The first kappa shape index (κ1) is 9.79. The smallest absolute Gasteiger partial charge is 0.00727 e. The van der Waals surface area contributed by atoms with Crippen LogP contribution >= 0.6 is 0 Å². The summed E-state index contributed by atoms with van der Waals surface area (Å²) in [6, 6.07) is 0.385. The van der Waals surface area contributed by atoms with Gasteiger partial charge in [0.15, 0.2) is 0 Å². The predicted molar refractivity (Wildman–Crippen MR) is 53.8 cm³/mol. The lowest BCUT2D eigenvalue weighted by Gasteiger charge is -2.37. The Balaban J connectivity index is 2.59. The Morgan fingerprint density at radius 2 is 1.92 bits per heavy atom. The van der Waals surface area contributed by atoms with Crippen molar-refractivity contribution < 1.29 is 0 Å². The molecule has 0 heterocycles. The van der Waals surface area contributed by atoms with E-state index >= 15 is 0 Å². The minimum Gasteiger partial charge on any atom is -0.327 e. The molecule has 4 unspecified atom stereocenters. The van der Waals surface area contributed by atoms with Crippen LogP contribution in [0.25, 0.3) is 0 Å². The average molecular weight is 167 g/mol. The number of hydrogen-bond donors (Lipinski definition) is 1. The van der Waals surface area contributed by atoms with Crippen LogP contribution in [0.15, 0.2) is 12.2 Å². The number of rotatable bonds is 1. The zero-order chi connectivity index (χ0) is 9.30. The molecular weight excluding hydrogens is 146 g/mol. The molecule has 0 radical (unpaired) electrons. The lowest BCUT2D eigenvalue weighted by Crippen LogP contribution is -2.39. The van der Waals surface area contributed by atoms with Crippen LogP contribution in [-0.4, -0.2) is 6.04 Å². The molecule has 0 aliphatic heterocycles. The Labute approximate surface area is 76.0 Å². The fraction of sp³-hybridized carbons (Fsp3) is 0.818. The molecule has 0 aromatic carbocycles. The van der Waals surface area contributed by atoms with Gasteiger partial charge in [-0.3, -0.25) is 0 Å². The van der Waals surface area contributed by atoms with Crippen LogP contribution in [0, 0.1) is 17.8 Å². The largest absolute Gasteiger partial charge is 0.327 e. The number of hydrogen-bond acceptors (Lipinski definition) is 1. The van der Waals surface area contributed by atoms with E-state index in [-0.39, 0.29) is 0 Å². The maximum Gasteiger partial charge on any atom is 0.00727 e. The van der Waals surface area contributed by atoms with Crippen LogP contribution in [0.2, 0.25) is 0 Å². The molecule has 0 spiro atoms. The molecule has 0 aromatic heterocycles. The molecule has 1 nitrogen and oxygen atoms in total. The van der Waals surface area contributed by atoms with Crippen molar-refractivity contribution in [1.29, 1.82) is 0 Å². The first-order valence-electron chi connectivity index (χ1n) is 4.93. The maximum absolute atomic E-state index is 6.06. The second-order valence-electron chi connectivity index (χ2n) is 4.51. The topological polar surface area (TPSA) is 26.0 Å². The van der Waals surface area contributed by atoms with Crippen molar-refractivity contribution >= 4 is 0 Å². The van der Waals surface area contributed by atoms with Crippen molar-refractivity contribution in [2.24, 2.45) is 23.5 Å². The molecule has 12 heavy (non-hydrogen) atoms. The average Bonchev–Trinajstić information content (AvgIpc) is 1.99. The third-order valence-corrected chi connectivity index (χ3v) is 3.48. The first-order chi connectivity index (χ1) is 5.52. The van der Waals surface area contributed by atoms with E-state index in [0.717, 1.165) is 12.3 Å². The van der Waals surface area contributed by atoms with Crippen molar-refractivity contribution in [2.75, 3.05) is 0 Å². The van der Waals surface area contributed by atoms with Gasteiger partial charge in [0.2, 0.25) is 0 Å². The van der Waals surface area contributed by atoms with Gasteiger partial charge in [0.05, 0.1) is 0 Å². The molecule has 0 amide bonds. The molecule has 1 aliphatic carbocycles. The number of nitrogens with two attached hydrogens (primary N) is 1. The van der Waals surface area contributed by atoms with E-state index in [4.69, 9.17) is 5.73 Å². The van der Waals surface area contributed by atoms with Crippen LogP contribution in [0.1, 0.15) is 33.6 Å². The highest BCUT2D eigenvalue weighted by atomic mass is 14.7. The standard InChI is InChI=1S/C11H21N/c1-7(2)10-5-8(3)9(4)11(12)6-10/h8-11H,1,5-6,12H2,2-4H3. The SMILES string of the molecule is C=C(C)C1CC(C)C(C)C(N)C1. The molecule has 1 saturated carbocycles. The van der Waals surface area contributed by atoms with Gasteiger partial charge in [0.1, 0.15) is 0 Å². The summed E-state index contributed by atoms with van der Waals surface area (Å²) in [4.78, 5) is 0. The summed E-state index contributed by atoms with van der Waals surface area (Å²) in [5.74, 6) is 2.11. The van der Waals surface area contributed by atoms with E-state index < -0.39 is 0 Å². The van der Waals surface area contributed by atoms with Crippen molar-refractivity contribution in [3.8, 4) is 0 Å². The Hall–Kier alpha value is -0.300. The minimum atomic E-state index is 0.385. The zero-order valence-corrected chi connectivity index (χ0v) is 8.51. The van der Waals surface area contributed by atoms with Gasteiger partial charge in [0.25, 0.3) is 0 Å². The summed E-state index contributed by atoms with van der Waals surface area (Å²) < 4.78 is 0.